The Hall–Kier alpha value is -1.33. The minimum atomic E-state index is -0.783. The molecule has 2 aromatic rings. The molecule has 0 spiro atoms. The Morgan fingerprint density at radius 2 is 2.05 bits per heavy atom. The van der Waals surface area contributed by atoms with Crippen molar-refractivity contribution in [3.63, 3.8) is 0 Å². The lowest BCUT2D eigenvalue weighted by Gasteiger charge is -2.15. The van der Waals surface area contributed by atoms with E-state index in [1.807, 2.05) is 19.9 Å². The second kappa shape index (κ2) is 6.41. The number of rotatable bonds is 4. The summed E-state index contributed by atoms with van der Waals surface area (Å²) in [5, 5.41) is 18.4. The Balaban J connectivity index is 2.27. The van der Waals surface area contributed by atoms with Crippen LogP contribution in [0, 0.1) is 12.7 Å². The van der Waals surface area contributed by atoms with Crippen LogP contribution in [-0.2, 0) is 12.8 Å². The zero-order chi connectivity index (χ0) is 14.7. The van der Waals surface area contributed by atoms with Gasteiger partial charge in [0.15, 0.2) is 0 Å². The van der Waals surface area contributed by atoms with Crippen LogP contribution in [0.2, 0.25) is 0 Å². The first-order chi connectivity index (χ1) is 9.51. The number of nitrogens with zero attached hydrogens (tertiary/aromatic N) is 2. The van der Waals surface area contributed by atoms with Gasteiger partial charge >= 0.3 is 0 Å². The maximum atomic E-state index is 13.8. The van der Waals surface area contributed by atoms with Gasteiger partial charge in [-0.1, -0.05) is 28.9 Å². The number of aromatic nitrogens is 2. The van der Waals surface area contributed by atoms with Crippen LogP contribution in [-0.4, -0.2) is 15.3 Å². The highest BCUT2D eigenvalue weighted by Crippen LogP contribution is 2.24. The van der Waals surface area contributed by atoms with Gasteiger partial charge < -0.3 is 5.11 Å². The van der Waals surface area contributed by atoms with E-state index in [1.54, 1.807) is 12.1 Å². The Labute approximate surface area is 126 Å². The predicted octanol–water partition coefficient (Wildman–Crippen LogP) is 3.53. The molecule has 0 radical (unpaired) electrons. The molecular weight excluding hydrogens is 323 g/mol. The van der Waals surface area contributed by atoms with E-state index in [1.165, 1.54) is 6.07 Å². The lowest BCUT2D eigenvalue weighted by Crippen LogP contribution is -2.09. The molecule has 1 N–H and O–H groups in total. The van der Waals surface area contributed by atoms with Gasteiger partial charge in [0.25, 0.3) is 0 Å². The normalized spacial score (nSPS) is 12.4. The van der Waals surface area contributed by atoms with Crippen molar-refractivity contribution < 1.29 is 9.50 Å². The third-order valence-electron chi connectivity index (χ3n) is 3.15. The largest absolute Gasteiger partial charge is 0.388 e. The fourth-order valence-corrected chi connectivity index (χ4v) is 2.44. The minimum Gasteiger partial charge on any atom is -0.388 e. The van der Waals surface area contributed by atoms with Crippen LogP contribution in [0.4, 0.5) is 4.39 Å². The van der Waals surface area contributed by atoms with Gasteiger partial charge in [-0.15, -0.1) is 0 Å². The number of hydrogen-bond acceptors (Lipinski definition) is 3. The molecule has 0 aliphatic rings. The van der Waals surface area contributed by atoms with E-state index < -0.39 is 6.10 Å². The van der Waals surface area contributed by atoms with E-state index in [4.69, 9.17) is 0 Å². The molecular formula is C15H16BrFN2O. The zero-order valence-corrected chi connectivity index (χ0v) is 13.0. The van der Waals surface area contributed by atoms with Crippen molar-refractivity contribution in [2.45, 2.75) is 32.8 Å². The summed E-state index contributed by atoms with van der Waals surface area (Å²) in [4.78, 5) is 0. The van der Waals surface area contributed by atoms with Crippen LogP contribution in [0.1, 0.15) is 35.5 Å². The molecule has 3 nitrogen and oxygen atoms in total. The summed E-state index contributed by atoms with van der Waals surface area (Å²) in [6.07, 6.45) is 0.120. The number of halogens is 2. The Morgan fingerprint density at radius 1 is 1.30 bits per heavy atom. The number of aliphatic hydroxyl groups is 1. The maximum Gasteiger partial charge on any atom is 0.127 e. The molecule has 1 atom stereocenters. The lowest BCUT2D eigenvalue weighted by molar-refractivity contribution is 0.175. The summed E-state index contributed by atoms with van der Waals surface area (Å²) in [7, 11) is 0. The van der Waals surface area contributed by atoms with Crippen molar-refractivity contribution in [2.24, 2.45) is 0 Å². The van der Waals surface area contributed by atoms with Crippen molar-refractivity contribution in [1.82, 2.24) is 10.2 Å². The van der Waals surface area contributed by atoms with Crippen molar-refractivity contribution in [3.8, 4) is 0 Å². The fourth-order valence-electron chi connectivity index (χ4n) is 2.10. The lowest BCUT2D eigenvalue weighted by atomic mass is 9.99. The van der Waals surface area contributed by atoms with E-state index in [0.29, 0.717) is 16.5 Å². The van der Waals surface area contributed by atoms with E-state index in [9.17, 15) is 9.50 Å². The standard InChI is InChI=1S/C15H16BrFN2O/c1-3-14-12(6-9(2)18-19-14)15(20)7-10-4-5-11(16)8-13(10)17/h4-6,8,15,20H,3,7H2,1-2H3. The number of hydrogen-bond donors (Lipinski definition) is 1. The van der Waals surface area contributed by atoms with Crippen LogP contribution in [0.15, 0.2) is 28.7 Å². The first-order valence-corrected chi connectivity index (χ1v) is 7.25. The molecule has 1 aromatic heterocycles. The summed E-state index contributed by atoms with van der Waals surface area (Å²) in [6, 6.07) is 6.66. The molecule has 1 heterocycles. The molecule has 20 heavy (non-hydrogen) atoms. The molecule has 2 rings (SSSR count). The van der Waals surface area contributed by atoms with Gasteiger partial charge in [0, 0.05) is 16.5 Å². The Bertz CT molecular complexity index is 619. The van der Waals surface area contributed by atoms with Crippen molar-refractivity contribution in [1.29, 1.82) is 0 Å². The van der Waals surface area contributed by atoms with Gasteiger partial charge in [-0.3, -0.25) is 0 Å². The SMILES string of the molecule is CCc1nnc(C)cc1C(O)Cc1ccc(Br)cc1F. The predicted molar refractivity (Wildman–Crippen MR) is 78.9 cm³/mol. The van der Waals surface area contributed by atoms with E-state index in [0.717, 1.165) is 17.0 Å². The van der Waals surface area contributed by atoms with E-state index in [-0.39, 0.29) is 12.2 Å². The molecule has 0 fully saturated rings. The van der Waals surface area contributed by atoms with Crippen LogP contribution < -0.4 is 0 Å². The van der Waals surface area contributed by atoms with Crippen LogP contribution >= 0.6 is 15.9 Å². The second-order valence-electron chi connectivity index (χ2n) is 4.70. The van der Waals surface area contributed by atoms with Gasteiger partial charge in [0.05, 0.1) is 17.5 Å². The summed E-state index contributed by atoms with van der Waals surface area (Å²) >= 11 is 3.22. The van der Waals surface area contributed by atoms with Gasteiger partial charge in [-0.2, -0.15) is 10.2 Å². The smallest absolute Gasteiger partial charge is 0.127 e. The van der Waals surface area contributed by atoms with Gasteiger partial charge in [-0.25, -0.2) is 4.39 Å². The van der Waals surface area contributed by atoms with Gasteiger partial charge in [-0.05, 0) is 37.1 Å². The summed E-state index contributed by atoms with van der Waals surface area (Å²) in [5.74, 6) is -0.324. The van der Waals surface area contributed by atoms with Crippen LogP contribution in [0.3, 0.4) is 0 Å². The summed E-state index contributed by atoms with van der Waals surface area (Å²) in [6.45, 7) is 3.78. The minimum absolute atomic E-state index is 0.219. The zero-order valence-electron chi connectivity index (χ0n) is 11.4. The van der Waals surface area contributed by atoms with Crippen molar-refractivity contribution in [3.05, 3.63) is 57.1 Å². The fraction of sp³-hybridized carbons (Fsp3) is 0.333. The van der Waals surface area contributed by atoms with E-state index >= 15 is 0 Å². The third-order valence-corrected chi connectivity index (χ3v) is 3.64. The number of aryl methyl sites for hydroxylation is 2. The summed E-state index contributed by atoms with van der Waals surface area (Å²) < 4.78 is 14.5. The highest BCUT2D eigenvalue weighted by Gasteiger charge is 2.16. The Kier molecular flexibility index (Phi) is 4.83. The molecule has 0 aliphatic heterocycles. The highest BCUT2D eigenvalue weighted by atomic mass is 79.9. The number of benzene rings is 1. The third kappa shape index (κ3) is 3.41. The molecule has 0 amide bonds. The summed E-state index contributed by atoms with van der Waals surface area (Å²) in [5.41, 5.74) is 2.70. The molecule has 106 valence electrons. The molecule has 0 aliphatic carbocycles. The molecule has 0 bridgehead atoms. The monoisotopic (exact) mass is 338 g/mol. The first-order valence-electron chi connectivity index (χ1n) is 6.46. The Morgan fingerprint density at radius 3 is 2.70 bits per heavy atom. The topological polar surface area (TPSA) is 46.0 Å². The second-order valence-corrected chi connectivity index (χ2v) is 5.61. The quantitative estimate of drug-likeness (QED) is 0.927. The van der Waals surface area contributed by atoms with Crippen molar-refractivity contribution >= 4 is 15.9 Å². The number of aliphatic hydroxyl groups excluding tert-OH is 1. The van der Waals surface area contributed by atoms with Crippen molar-refractivity contribution in [2.75, 3.05) is 0 Å². The molecule has 1 aromatic carbocycles. The maximum absolute atomic E-state index is 13.8. The average molecular weight is 339 g/mol. The molecule has 5 heteroatoms. The van der Waals surface area contributed by atoms with Gasteiger partial charge in [0.2, 0.25) is 0 Å². The highest BCUT2D eigenvalue weighted by molar-refractivity contribution is 9.10. The molecule has 0 saturated heterocycles. The first kappa shape index (κ1) is 15.1. The van der Waals surface area contributed by atoms with E-state index in [2.05, 4.69) is 26.1 Å². The van der Waals surface area contributed by atoms with Crippen LogP contribution in [0.25, 0.3) is 0 Å². The van der Waals surface area contributed by atoms with Crippen LogP contribution in [0.5, 0.6) is 0 Å². The molecule has 0 saturated carbocycles. The average Bonchev–Trinajstić information content (AvgIpc) is 2.41. The molecule has 1 unspecified atom stereocenters. The van der Waals surface area contributed by atoms with Gasteiger partial charge in [0.1, 0.15) is 5.82 Å².